The van der Waals surface area contributed by atoms with Crippen LogP contribution in [0.1, 0.15) is 21.4 Å². The lowest BCUT2D eigenvalue weighted by Crippen LogP contribution is -2.16. The highest BCUT2D eigenvalue weighted by Crippen LogP contribution is 2.37. The molecule has 0 fully saturated rings. The normalized spacial score (nSPS) is 12.7. The Morgan fingerprint density at radius 1 is 1.33 bits per heavy atom. The van der Waals surface area contributed by atoms with E-state index in [1.807, 2.05) is 19.2 Å². The summed E-state index contributed by atoms with van der Waals surface area (Å²) in [5.74, 6) is 0. The van der Waals surface area contributed by atoms with Gasteiger partial charge in [-0.25, -0.2) is 0 Å². The van der Waals surface area contributed by atoms with Gasteiger partial charge in [0.25, 0.3) is 0 Å². The number of benzene rings is 1. The Labute approximate surface area is 129 Å². The lowest BCUT2D eigenvalue weighted by Gasteiger charge is -2.17. The predicted molar refractivity (Wildman–Crippen MR) is 84.1 cm³/mol. The Balaban J connectivity index is 2.48. The van der Waals surface area contributed by atoms with Crippen LogP contribution in [0.3, 0.4) is 0 Å². The van der Waals surface area contributed by atoms with Crippen molar-refractivity contribution < 1.29 is 0 Å². The average molecular weight is 365 g/mol. The first-order chi connectivity index (χ1) is 8.54. The van der Waals surface area contributed by atoms with E-state index in [1.165, 1.54) is 9.75 Å². The van der Waals surface area contributed by atoms with Crippen molar-refractivity contribution in [3.8, 4) is 0 Å². The standard InChI is InChI=1S/C13H12BrCl2NS/c1-7-9(14)6-11(18-7)13(17-2)8-4-3-5-10(15)12(8)16/h3-6,13,17H,1-2H3. The van der Waals surface area contributed by atoms with E-state index in [0.717, 1.165) is 10.0 Å². The maximum atomic E-state index is 6.28. The van der Waals surface area contributed by atoms with Crippen molar-refractivity contribution in [3.05, 3.63) is 54.1 Å². The third kappa shape index (κ3) is 2.75. The molecule has 1 nitrogen and oxygen atoms in total. The zero-order valence-electron chi connectivity index (χ0n) is 9.93. The molecule has 0 aliphatic rings. The second-order valence-electron chi connectivity index (χ2n) is 3.92. The molecule has 0 saturated heterocycles. The molecule has 2 aromatic rings. The molecular formula is C13H12BrCl2NS. The van der Waals surface area contributed by atoms with Gasteiger partial charge in [-0.2, -0.15) is 0 Å². The van der Waals surface area contributed by atoms with Crippen molar-refractivity contribution in [2.45, 2.75) is 13.0 Å². The zero-order chi connectivity index (χ0) is 13.3. The highest BCUT2D eigenvalue weighted by Gasteiger charge is 2.19. The minimum absolute atomic E-state index is 0.0613. The number of hydrogen-bond donors (Lipinski definition) is 1. The van der Waals surface area contributed by atoms with Gasteiger partial charge in [-0.05, 0) is 47.6 Å². The summed E-state index contributed by atoms with van der Waals surface area (Å²) >= 11 is 17.6. The zero-order valence-corrected chi connectivity index (χ0v) is 13.8. The Morgan fingerprint density at radius 2 is 2.06 bits per heavy atom. The van der Waals surface area contributed by atoms with Crippen LogP contribution < -0.4 is 5.32 Å². The minimum Gasteiger partial charge on any atom is -0.309 e. The van der Waals surface area contributed by atoms with Crippen LogP contribution >= 0.6 is 50.5 Å². The molecule has 1 unspecified atom stereocenters. The fourth-order valence-electron chi connectivity index (χ4n) is 1.82. The van der Waals surface area contributed by atoms with E-state index < -0.39 is 0 Å². The van der Waals surface area contributed by atoms with Gasteiger partial charge < -0.3 is 5.32 Å². The summed E-state index contributed by atoms with van der Waals surface area (Å²) in [6, 6.07) is 7.90. The van der Waals surface area contributed by atoms with E-state index in [1.54, 1.807) is 17.4 Å². The lowest BCUT2D eigenvalue weighted by molar-refractivity contribution is 0.704. The van der Waals surface area contributed by atoms with E-state index in [9.17, 15) is 0 Å². The van der Waals surface area contributed by atoms with E-state index in [-0.39, 0.29) is 6.04 Å². The highest BCUT2D eigenvalue weighted by atomic mass is 79.9. The number of thiophene rings is 1. The van der Waals surface area contributed by atoms with Crippen LogP contribution in [0.2, 0.25) is 10.0 Å². The second kappa shape index (κ2) is 5.93. The van der Waals surface area contributed by atoms with Gasteiger partial charge in [-0.1, -0.05) is 35.3 Å². The Bertz CT molecular complexity index is 549. The fraction of sp³-hybridized carbons (Fsp3) is 0.231. The van der Waals surface area contributed by atoms with Crippen LogP contribution in [0.5, 0.6) is 0 Å². The summed E-state index contributed by atoms with van der Waals surface area (Å²) in [5, 5.41) is 4.49. The minimum atomic E-state index is 0.0613. The van der Waals surface area contributed by atoms with Crippen molar-refractivity contribution in [2.75, 3.05) is 7.05 Å². The number of rotatable bonds is 3. The summed E-state index contributed by atoms with van der Waals surface area (Å²) in [5.41, 5.74) is 1.00. The monoisotopic (exact) mass is 363 g/mol. The maximum Gasteiger partial charge on any atom is 0.0684 e. The number of aryl methyl sites for hydroxylation is 1. The van der Waals surface area contributed by atoms with Gasteiger partial charge in [0, 0.05) is 14.2 Å². The lowest BCUT2D eigenvalue weighted by atomic mass is 10.1. The molecule has 0 aliphatic heterocycles. The molecule has 1 atom stereocenters. The van der Waals surface area contributed by atoms with Gasteiger partial charge in [0.1, 0.15) is 0 Å². The third-order valence-corrected chi connectivity index (χ3v) is 5.78. The SMILES string of the molecule is CNC(c1cc(Br)c(C)s1)c1cccc(Cl)c1Cl. The molecule has 1 heterocycles. The van der Waals surface area contributed by atoms with Crippen molar-refractivity contribution in [1.29, 1.82) is 0 Å². The van der Waals surface area contributed by atoms with Crippen LogP contribution in [0.25, 0.3) is 0 Å². The summed E-state index contributed by atoms with van der Waals surface area (Å²) in [6.45, 7) is 2.09. The van der Waals surface area contributed by atoms with E-state index in [0.29, 0.717) is 10.0 Å². The molecule has 2 rings (SSSR count). The van der Waals surface area contributed by atoms with Crippen LogP contribution in [-0.2, 0) is 0 Å². The van der Waals surface area contributed by atoms with Crippen LogP contribution in [0.4, 0.5) is 0 Å². The summed E-state index contributed by atoms with van der Waals surface area (Å²) in [4.78, 5) is 2.47. The maximum absolute atomic E-state index is 6.28. The molecular weight excluding hydrogens is 353 g/mol. The van der Waals surface area contributed by atoms with Crippen LogP contribution in [0.15, 0.2) is 28.7 Å². The van der Waals surface area contributed by atoms with Crippen LogP contribution in [-0.4, -0.2) is 7.05 Å². The van der Waals surface area contributed by atoms with Gasteiger partial charge in [0.2, 0.25) is 0 Å². The fourth-order valence-corrected chi connectivity index (χ4v) is 3.93. The topological polar surface area (TPSA) is 12.0 Å². The van der Waals surface area contributed by atoms with Crippen molar-refractivity contribution >= 4 is 50.5 Å². The molecule has 1 N–H and O–H groups in total. The van der Waals surface area contributed by atoms with E-state index in [2.05, 4.69) is 34.2 Å². The molecule has 1 aromatic carbocycles. The quantitative estimate of drug-likeness (QED) is 0.765. The van der Waals surface area contributed by atoms with Crippen molar-refractivity contribution in [2.24, 2.45) is 0 Å². The first kappa shape index (κ1) is 14.4. The van der Waals surface area contributed by atoms with Gasteiger partial charge in [-0.15, -0.1) is 11.3 Å². The Kier molecular flexibility index (Phi) is 4.73. The van der Waals surface area contributed by atoms with E-state index >= 15 is 0 Å². The van der Waals surface area contributed by atoms with Gasteiger partial charge >= 0.3 is 0 Å². The largest absolute Gasteiger partial charge is 0.309 e. The Hall–Kier alpha value is -0.0600. The molecule has 1 aromatic heterocycles. The molecule has 0 amide bonds. The first-order valence-corrected chi connectivity index (χ1v) is 7.78. The van der Waals surface area contributed by atoms with Gasteiger partial charge in [0.05, 0.1) is 16.1 Å². The summed E-state index contributed by atoms with van der Waals surface area (Å²) in [6.07, 6.45) is 0. The molecule has 0 radical (unpaired) electrons. The number of nitrogens with one attached hydrogen (secondary N) is 1. The second-order valence-corrected chi connectivity index (χ2v) is 6.85. The average Bonchev–Trinajstić information content (AvgIpc) is 2.66. The molecule has 0 aliphatic carbocycles. The number of halogens is 3. The smallest absolute Gasteiger partial charge is 0.0684 e. The van der Waals surface area contributed by atoms with Gasteiger partial charge in [-0.3, -0.25) is 0 Å². The molecule has 0 spiro atoms. The van der Waals surface area contributed by atoms with Crippen molar-refractivity contribution in [3.63, 3.8) is 0 Å². The molecule has 0 saturated carbocycles. The Morgan fingerprint density at radius 3 is 2.61 bits per heavy atom. The van der Waals surface area contributed by atoms with Crippen LogP contribution in [0, 0.1) is 6.92 Å². The first-order valence-electron chi connectivity index (χ1n) is 5.41. The third-order valence-electron chi connectivity index (χ3n) is 2.74. The molecule has 5 heteroatoms. The molecule has 18 heavy (non-hydrogen) atoms. The molecule has 0 bridgehead atoms. The number of hydrogen-bond acceptors (Lipinski definition) is 2. The summed E-state index contributed by atoms with van der Waals surface area (Å²) in [7, 11) is 1.92. The van der Waals surface area contributed by atoms with E-state index in [4.69, 9.17) is 23.2 Å². The molecule has 96 valence electrons. The van der Waals surface area contributed by atoms with Crippen molar-refractivity contribution in [1.82, 2.24) is 5.32 Å². The highest BCUT2D eigenvalue weighted by molar-refractivity contribution is 9.10. The van der Waals surface area contributed by atoms with Gasteiger partial charge in [0.15, 0.2) is 0 Å². The summed E-state index contributed by atoms with van der Waals surface area (Å²) < 4.78 is 1.13. The predicted octanol–water partition coefficient (Wildman–Crippen LogP) is 5.43.